The molecule has 0 aliphatic rings. The van der Waals surface area contributed by atoms with Gasteiger partial charge in [0.25, 0.3) is 0 Å². The second-order valence-corrected chi connectivity index (χ2v) is 10.3. The van der Waals surface area contributed by atoms with Crippen LogP contribution in [0.25, 0.3) is 5.69 Å². The monoisotopic (exact) mass is 563 g/mol. The van der Waals surface area contributed by atoms with Crippen LogP contribution in [-0.4, -0.2) is 31.4 Å². The smallest absolute Gasteiger partial charge is 0.346 e. The van der Waals surface area contributed by atoms with Crippen LogP contribution in [-0.2, 0) is 16.7 Å². The SMILES string of the molecule is C[C@H](NC(=O)CSc1ccccn1)c1nnc(SCc2cccc(C(F)(F)F)c2)n1-c1cccc(Cl)c1. The summed E-state index contributed by atoms with van der Waals surface area (Å²) in [6.45, 7) is 1.79. The number of benzene rings is 2. The summed E-state index contributed by atoms with van der Waals surface area (Å²) < 4.78 is 41.1. The number of rotatable bonds is 9. The van der Waals surface area contributed by atoms with Crippen LogP contribution >= 0.6 is 35.1 Å². The van der Waals surface area contributed by atoms with Crippen LogP contribution in [0.5, 0.6) is 0 Å². The van der Waals surface area contributed by atoms with Crippen molar-refractivity contribution < 1.29 is 18.0 Å². The van der Waals surface area contributed by atoms with Crippen LogP contribution in [0.15, 0.2) is 83.1 Å². The van der Waals surface area contributed by atoms with Crippen LogP contribution in [0, 0.1) is 0 Å². The molecule has 4 aromatic rings. The first-order valence-corrected chi connectivity index (χ1v) is 13.4. The van der Waals surface area contributed by atoms with E-state index >= 15 is 0 Å². The normalized spacial score (nSPS) is 12.4. The minimum atomic E-state index is -4.42. The van der Waals surface area contributed by atoms with Gasteiger partial charge in [-0.15, -0.1) is 10.2 Å². The predicted molar refractivity (Wildman–Crippen MR) is 139 cm³/mol. The second kappa shape index (κ2) is 12.0. The Kier molecular flexibility index (Phi) is 8.78. The van der Waals surface area contributed by atoms with E-state index in [9.17, 15) is 18.0 Å². The van der Waals surface area contributed by atoms with Gasteiger partial charge in [-0.3, -0.25) is 9.36 Å². The number of halogens is 4. The Labute approximate surface area is 225 Å². The fourth-order valence-electron chi connectivity index (χ4n) is 3.42. The Morgan fingerprint density at radius 2 is 1.86 bits per heavy atom. The molecule has 12 heteroatoms. The molecule has 1 N–H and O–H groups in total. The number of alkyl halides is 3. The Bertz CT molecular complexity index is 1370. The Morgan fingerprint density at radius 1 is 1.05 bits per heavy atom. The molecule has 2 heterocycles. The number of aromatic nitrogens is 4. The molecule has 4 rings (SSSR count). The molecular weight excluding hydrogens is 543 g/mol. The lowest BCUT2D eigenvalue weighted by Crippen LogP contribution is -2.30. The molecule has 0 spiro atoms. The Hall–Kier alpha value is -3.02. The highest BCUT2D eigenvalue weighted by molar-refractivity contribution is 7.99. The van der Waals surface area contributed by atoms with Crippen LogP contribution < -0.4 is 5.32 Å². The van der Waals surface area contributed by atoms with E-state index in [1.807, 2.05) is 18.2 Å². The fraction of sp³-hybridized carbons (Fsp3) is 0.200. The fourth-order valence-corrected chi connectivity index (χ4v) is 5.18. The Balaban J connectivity index is 1.54. The van der Waals surface area contributed by atoms with Crippen molar-refractivity contribution in [2.45, 2.75) is 35.1 Å². The zero-order valence-electron chi connectivity index (χ0n) is 19.4. The number of carbonyl (C=O) groups excluding carboxylic acids is 1. The van der Waals surface area contributed by atoms with Crippen molar-refractivity contribution in [2.24, 2.45) is 0 Å². The zero-order chi connectivity index (χ0) is 26.4. The number of nitrogens with one attached hydrogen (secondary N) is 1. The average Bonchev–Trinajstić information content (AvgIpc) is 3.31. The first kappa shape index (κ1) is 27.0. The number of hydrogen-bond donors (Lipinski definition) is 1. The van der Waals surface area contributed by atoms with E-state index in [4.69, 9.17) is 11.6 Å². The molecule has 0 bridgehead atoms. The van der Waals surface area contributed by atoms with Gasteiger partial charge in [0.15, 0.2) is 11.0 Å². The van der Waals surface area contributed by atoms with Crippen molar-refractivity contribution in [1.82, 2.24) is 25.1 Å². The molecule has 2 aromatic heterocycles. The largest absolute Gasteiger partial charge is 0.416 e. The van der Waals surface area contributed by atoms with Crippen molar-refractivity contribution >= 4 is 41.0 Å². The van der Waals surface area contributed by atoms with Crippen molar-refractivity contribution in [1.29, 1.82) is 0 Å². The van der Waals surface area contributed by atoms with E-state index in [1.54, 1.807) is 48.0 Å². The van der Waals surface area contributed by atoms with Gasteiger partial charge in [-0.05, 0) is 48.9 Å². The summed E-state index contributed by atoms with van der Waals surface area (Å²) in [4.78, 5) is 16.8. The van der Waals surface area contributed by atoms with E-state index in [0.29, 0.717) is 27.3 Å². The van der Waals surface area contributed by atoms with Gasteiger partial charge >= 0.3 is 6.18 Å². The maximum Gasteiger partial charge on any atom is 0.416 e. The third-order valence-electron chi connectivity index (χ3n) is 5.10. The van der Waals surface area contributed by atoms with Gasteiger partial charge in [0.05, 0.1) is 28.1 Å². The van der Waals surface area contributed by atoms with E-state index in [-0.39, 0.29) is 17.4 Å². The molecule has 0 radical (unpaired) electrons. The molecule has 2 aromatic carbocycles. The second-order valence-electron chi connectivity index (χ2n) is 7.89. The first-order chi connectivity index (χ1) is 17.7. The summed E-state index contributed by atoms with van der Waals surface area (Å²) in [7, 11) is 0. The third kappa shape index (κ3) is 7.27. The molecule has 0 saturated carbocycles. The number of thioether (sulfide) groups is 2. The van der Waals surface area contributed by atoms with Crippen LogP contribution in [0.3, 0.4) is 0 Å². The molecule has 1 atom stereocenters. The molecule has 192 valence electrons. The minimum absolute atomic E-state index is 0.170. The van der Waals surface area contributed by atoms with Crippen LogP contribution in [0.4, 0.5) is 13.2 Å². The molecule has 1 amide bonds. The summed E-state index contributed by atoms with van der Waals surface area (Å²) in [6.07, 6.45) is -2.76. The van der Waals surface area contributed by atoms with E-state index in [0.717, 1.165) is 17.2 Å². The number of nitrogens with zero attached hydrogens (tertiary/aromatic N) is 4. The van der Waals surface area contributed by atoms with Crippen LogP contribution in [0.1, 0.15) is 29.9 Å². The highest BCUT2D eigenvalue weighted by Gasteiger charge is 2.30. The topological polar surface area (TPSA) is 72.7 Å². The molecule has 0 unspecified atom stereocenters. The van der Waals surface area contributed by atoms with Gasteiger partial charge in [0.1, 0.15) is 0 Å². The molecule has 0 fully saturated rings. The summed E-state index contributed by atoms with van der Waals surface area (Å²) in [5, 5.41) is 13.2. The molecule has 0 saturated heterocycles. The lowest BCUT2D eigenvalue weighted by Gasteiger charge is -2.16. The maximum atomic E-state index is 13.1. The number of carbonyl (C=O) groups is 1. The van der Waals surface area contributed by atoms with E-state index in [2.05, 4.69) is 20.5 Å². The van der Waals surface area contributed by atoms with E-state index in [1.165, 1.54) is 29.6 Å². The van der Waals surface area contributed by atoms with E-state index < -0.39 is 17.8 Å². The third-order valence-corrected chi connectivity index (χ3v) is 7.28. The maximum absolute atomic E-state index is 13.1. The van der Waals surface area contributed by atoms with Gasteiger partial charge in [-0.1, -0.05) is 65.5 Å². The summed E-state index contributed by atoms with van der Waals surface area (Å²) in [5.41, 5.74) is 0.459. The molecule has 37 heavy (non-hydrogen) atoms. The van der Waals surface area contributed by atoms with Gasteiger partial charge in [0.2, 0.25) is 5.91 Å². The highest BCUT2D eigenvalue weighted by Crippen LogP contribution is 2.32. The van der Waals surface area contributed by atoms with Crippen molar-refractivity contribution in [2.75, 3.05) is 5.75 Å². The van der Waals surface area contributed by atoms with Gasteiger partial charge in [-0.2, -0.15) is 13.2 Å². The summed E-state index contributed by atoms with van der Waals surface area (Å²) >= 11 is 8.77. The first-order valence-electron chi connectivity index (χ1n) is 11.0. The average molecular weight is 564 g/mol. The molecule has 0 aliphatic carbocycles. The summed E-state index contributed by atoms with van der Waals surface area (Å²) in [6, 6.07) is 17.2. The lowest BCUT2D eigenvalue weighted by atomic mass is 10.1. The standard InChI is InChI=1S/C25H21ClF3N5OS2/c1-16(31-21(35)15-36-22-10-2-3-11-30-22)23-32-33-24(34(23)20-9-5-8-19(26)13-20)37-14-17-6-4-7-18(12-17)25(27,28)29/h2-13,16H,14-15H2,1H3,(H,31,35)/t16-/m0/s1. The summed E-state index contributed by atoms with van der Waals surface area (Å²) in [5.74, 6) is 0.667. The quantitative estimate of drug-likeness (QED) is 0.231. The number of amides is 1. The Morgan fingerprint density at radius 3 is 2.59 bits per heavy atom. The van der Waals surface area contributed by atoms with Crippen molar-refractivity contribution in [3.8, 4) is 5.69 Å². The molecular formula is C25H21ClF3N5OS2. The van der Waals surface area contributed by atoms with Crippen molar-refractivity contribution in [3.63, 3.8) is 0 Å². The van der Waals surface area contributed by atoms with Crippen molar-refractivity contribution in [3.05, 3.63) is 94.9 Å². The van der Waals surface area contributed by atoms with Crippen LogP contribution in [0.2, 0.25) is 5.02 Å². The van der Waals surface area contributed by atoms with Gasteiger partial charge < -0.3 is 5.32 Å². The zero-order valence-corrected chi connectivity index (χ0v) is 21.8. The van der Waals surface area contributed by atoms with Gasteiger partial charge in [0, 0.05) is 17.0 Å². The predicted octanol–water partition coefficient (Wildman–Crippen LogP) is 6.60. The highest BCUT2D eigenvalue weighted by atomic mass is 35.5. The number of pyridine rings is 1. The lowest BCUT2D eigenvalue weighted by molar-refractivity contribution is -0.137. The molecule has 6 nitrogen and oxygen atoms in total. The number of hydrogen-bond acceptors (Lipinski definition) is 6. The van der Waals surface area contributed by atoms with Gasteiger partial charge in [-0.25, -0.2) is 4.98 Å². The molecule has 0 aliphatic heterocycles. The minimum Gasteiger partial charge on any atom is -0.346 e.